The Morgan fingerprint density at radius 3 is 2.12 bits per heavy atom. The summed E-state index contributed by atoms with van der Waals surface area (Å²) in [5.41, 5.74) is 0.844. The number of ketones is 1. The van der Waals surface area contributed by atoms with Crippen LogP contribution in [0.1, 0.15) is 30.1 Å². The fourth-order valence-corrected chi connectivity index (χ4v) is 4.40. The first-order chi connectivity index (χ1) is 11.5. The Kier molecular flexibility index (Phi) is 3.34. The summed E-state index contributed by atoms with van der Waals surface area (Å²) in [6.45, 7) is 1.46. The Hall–Kier alpha value is -2.43. The summed E-state index contributed by atoms with van der Waals surface area (Å²) < 4.78 is 5.34. The number of hydrogen-bond acceptors (Lipinski definition) is 4. The number of amides is 2. The minimum absolute atomic E-state index is 0.114. The minimum Gasteiger partial charge on any atom is -0.495 e. The number of ether oxygens (including phenoxy) is 1. The second-order valence-electron chi connectivity index (χ2n) is 6.80. The van der Waals surface area contributed by atoms with Crippen molar-refractivity contribution in [3.05, 3.63) is 35.9 Å². The number of fused-ring (bicyclic) bond motifs is 1. The lowest BCUT2D eigenvalue weighted by molar-refractivity contribution is -0.124. The van der Waals surface area contributed by atoms with Crippen molar-refractivity contribution in [2.45, 2.75) is 19.8 Å². The highest BCUT2D eigenvalue weighted by Gasteiger charge is 2.57. The summed E-state index contributed by atoms with van der Waals surface area (Å²) in [5, 5.41) is 0. The van der Waals surface area contributed by atoms with Crippen LogP contribution in [-0.2, 0) is 9.59 Å². The standard InChI is InChI=1S/C19H19NO4/c1-10(21)13-7-8-15(24-2)14(9-13)20-18(22)16-11-3-4-12(6-5-11)17(16)19(20)23/h3-4,7-9,11-12,16-17H,5-6H2,1-2H3/t11-,12+,16-,17+. The van der Waals surface area contributed by atoms with Crippen molar-refractivity contribution in [2.24, 2.45) is 23.7 Å². The van der Waals surface area contributed by atoms with Crippen LogP contribution in [0.4, 0.5) is 5.69 Å². The van der Waals surface area contributed by atoms with E-state index in [1.807, 2.05) is 0 Å². The van der Waals surface area contributed by atoms with Crippen molar-refractivity contribution >= 4 is 23.3 Å². The van der Waals surface area contributed by atoms with Crippen LogP contribution in [0.15, 0.2) is 30.4 Å². The number of Topliss-reactive ketones (excluding diaryl/α,β-unsaturated/α-hetero) is 1. The molecule has 1 heterocycles. The van der Waals surface area contributed by atoms with Crippen LogP contribution in [0.2, 0.25) is 0 Å². The average molecular weight is 325 g/mol. The molecule has 5 nitrogen and oxygen atoms in total. The molecule has 2 fully saturated rings. The number of anilines is 1. The summed E-state index contributed by atoms with van der Waals surface area (Å²) >= 11 is 0. The predicted octanol–water partition coefficient (Wildman–Crippen LogP) is 2.60. The summed E-state index contributed by atoms with van der Waals surface area (Å²) in [6.07, 6.45) is 6.10. The molecule has 1 saturated heterocycles. The Balaban J connectivity index is 1.80. The zero-order valence-corrected chi connectivity index (χ0v) is 13.7. The lowest BCUT2D eigenvalue weighted by atomic mass is 9.63. The normalized spacial score (nSPS) is 30.7. The number of rotatable bonds is 3. The number of carbonyl (C=O) groups is 3. The zero-order chi connectivity index (χ0) is 17.0. The smallest absolute Gasteiger partial charge is 0.238 e. The highest BCUT2D eigenvalue weighted by Crippen LogP contribution is 2.51. The molecule has 1 aromatic rings. The van der Waals surface area contributed by atoms with Gasteiger partial charge in [0.1, 0.15) is 5.75 Å². The highest BCUT2D eigenvalue weighted by atomic mass is 16.5. The van der Waals surface area contributed by atoms with Crippen molar-refractivity contribution in [1.82, 2.24) is 0 Å². The van der Waals surface area contributed by atoms with E-state index in [1.54, 1.807) is 18.2 Å². The molecule has 1 saturated carbocycles. The van der Waals surface area contributed by atoms with Crippen molar-refractivity contribution in [1.29, 1.82) is 0 Å². The van der Waals surface area contributed by atoms with Gasteiger partial charge >= 0.3 is 0 Å². The van der Waals surface area contributed by atoms with Crippen LogP contribution in [-0.4, -0.2) is 24.7 Å². The van der Waals surface area contributed by atoms with E-state index in [1.165, 1.54) is 18.9 Å². The van der Waals surface area contributed by atoms with Gasteiger partial charge in [0.25, 0.3) is 0 Å². The van der Waals surface area contributed by atoms with Crippen LogP contribution in [0.25, 0.3) is 0 Å². The van der Waals surface area contributed by atoms with Gasteiger partial charge in [0.05, 0.1) is 24.6 Å². The molecule has 4 atom stereocenters. The number of carbonyl (C=O) groups excluding carboxylic acids is 3. The van der Waals surface area contributed by atoms with Gasteiger partial charge in [-0.15, -0.1) is 0 Å². The predicted molar refractivity (Wildman–Crippen MR) is 87.8 cm³/mol. The van der Waals surface area contributed by atoms with Crippen LogP contribution in [0.5, 0.6) is 5.75 Å². The van der Waals surface area contributed by atoms with E-state index >= 15 is 0 Å². The van der Waals surface area contributed by atoms with Crippen molar-refractivity contribution in [2.75, 3.05) is 12.0 Å². The zero-order valence-electron chi connectivity index (χ0n) is 13.7. The first kappa shape index (κ1) is 15.1. The Morgan fingerprint density at radius 1 is 1.08 bits per heavy atom. The third kappa shape index (κ3) is 1.97. The second kappa shape index (κ2) is 5.30. The number of methoxy groups -OCH3 is 1. The molecule has 5 rings (SSSR count). The van der Waals surface area contributed by atoms with Gasteiger partial charge in [0.2, 0.25) is 11.8 Å². The van der Waals surface area contributed by atoms with Gasteiger partial charge in [-0.05, 0) is 49.8 Å². The fourth-order valence-electron chi connectivity index (χ4n) is 4.40. The molecule has 0 unspecified atom stereocenters. The molecule has 3 aliphatic carbocycles. The second-order valence-corrected chi connectivity index (χ2v) is 6.80. The van der Waals surface area contributed by atoms with E-state index in [0.717, 1.165) is 12.8 Å². The van der Waals surface area contributed by atoms with Gasteiger partial charge in [-0.1, -0.05) is 12.2 Å². The molecule has 1 aromatic carbocycles. The average Bonchev–Trinajstić information content (AvgIpc) is 2.88. The van der Waals surface area contributed by atoms with E-state index in [-0.39, 0.29) is 41.3 Å². The minimum atomic E-state index is -0.271. The number of allylic oxidation sites excluding steroid dienone is 2. The molecular formula is C19H19NO4. The number of imide groups is 1. The first-order valence-electron chi connectivity index (χ1n) is 8.28. The van der Waals surface area contributed by atoms with Crippen LogP contribution < -0.4 is 9.64 Å². The van der Waals surface area contributed by atoms with Crippen molar-refractivity contribution < 1.29 is 19.1 Å². The van der Waals surface area contributed by atoms with E-state index in [9.17, 15) is 14.4 Å². The number of hydrogen-bond donors (Lipinski definition) is 0. The van der Waals surface area contributed by atoms with E-state index in [0.29, 0.717) is 17.0 Å². The molecular weight excluding hydrogens is 306 g/mol. The highest BCUT2D eigenvalue weighted by molar-refractivity contribution is 6.23. The van der Waals surface area contributed by atoms with Crippen LogP contribution in [0, 0.1) is 23.7 Å². The lowest BCUT2D eigenvalue weighted by Crippen LogP contribution is -2.38. The van der Waals surface area contributed by atoms with Gasteiger partial charge in [-0.25, -0.2) is 4.90 Å². The molecule has 1 aliphatic heterocycles. The third-order valence-electron chi connectivity index (χ3n) is 5.59. The molecule has 2 bridgehead atoms. The maximum absolute atomic E-state index is 13.0. The molecule has 5 heteroatoms. The molecule has 4 aliphatic rings. The Morgan fingerprint density at radius 2 is 1.67 bits per heavy atom. The van der Waals surface area contributed by atoms with E-state index < -0.39 is 0 Å². The molecule has 0 spiro atoms. The quantitative estimate of drug-likeness (QED) is 0.487. The van der Waals surface area contributed by atoms with Crippen molar-refractivity contribution in [3.63, 3.8) is 0 Å². The number of nitrogens with zero attached hydrogens (tertiary/aromatic N) is 1. The summed E-state index contributed by atoms with van der Waals surface area (Å²) in [5.74, 6) is -0.269. The van der Waals surface area contributed by atoms with Crippen molar-refractivity contribution in [3.8, 4) is 5.75 Å². The molecule has 24 heavy (non-hydrogen) atoms. The maximum Gasteiger partial charge on any atom is 0.238 e. The van der Waals surface area contributed by atoms with Gasteiger partial charge in [0.15, 0.2) is 5.78 Å². The third-order valence-corrected chi connectivity index (χ3v) is 5.59. The first-order valence-corrected chi connectivity index (χ1v) is 8.28. The largest absolute Gasteiger partial charge is 0.495 e. The van der Waals surface area contributed by atoms with Crippen LogP contribution >= 0.6 is 0 Å². The van der Waals surface area contributed by atoms with Crippen LogP contribution in [0.3, 0.4) is 0 Å². The lowest BCUT2D eigenvalue weighted by Gasteiger charge is -2.38. The Bertz CT molecular complexity index is 750. The van der Waals surface area contributed by atoms with Gasteiger partial charge in [-0.3, -0.25) is 14.4 Å². The summed E-state index contributed by atoms with van der Waals surface area (Å²) in [6, 6.07) is 4.87. The molecule has 0 aromatic heterocycles. The van der Waals surface area contributed by atoms with Gasteiger partial charge in [0, 0.05) is 5.56 Å². The van der Waals surface area contributed by atoms with E-state index in [4.69, 9.17) is 4.74 Å². The van der Waals surface area contributed by atoms with Gasteiger partial charge in [-0.2, -0.15) is 0 Å². The maximum atomic E-state index is 13.0. The fraction of sp³-hybridized carbons (Fsp3) is 0.421. The molecule has 0 radical (unpaired) electrons. The Labute approximate surface area is 140 Å². The monoisotopic (exact) mass is 325 g/mol. The SMILES string of the molecule is COc1ccc(C(C)=O)cc1N1C(=O)[C@@H]2[C@H](C1=O)[C@@H]1C=C[C@H]2CC1. The van der Waals surface area contributed by atoms with Gasteiger partial charge < -0.3 is 4.74 Å². The summed E-state index contributed by atoms with van der Waals surface area (Å²) in [7, 11) is 1.50. The summed E-state index contributed by atoms with van der Waals surface area (Å²) in [4.78, 5) is 39.0. The van der Waals surface area contributed by atoms with E-state index in [2.05, 4.69) is 12.2 Å². The topological polar surface area (TPSA) is 63.7 Å². The molecule has 2 amide bonds. The number of benzene rings is 1. The molecule has 0 N–H and O–H groups in total. The molecule has 124 valence electrons.